The molecule has 0 unspecified atom stereocenters. The normalized spacial score (nSPS) is 10.8. The fraction of sp³-hybridized carbons (Fsp3) is 0.304. The summed E-state index contributed by atoms with van der Waals surface area (Å²) < 4.78 is 5.28. The van der Waals surface area contributed by atoms with Crippen molar-refractivity contribution in [3.63, 3.8) is 0 Å². The van der Waals surface area contributed by atoms with Crippen LogP contribution < -0.4 is 15.4 Å². The van der Waals surface area contributed by atoms with Crippen molar-refractivity contribution in [3.8, 4) is 5.75 Å². The van der Waals surface area contributed by atoms with Crippen LogP contribution in [0.1, 0.15) is 36.5 Å². The molecule has 0 saturated heterocycles. The predicted molar refractivity (Wildman–Crippen MR) is 116 cm³/mol. The highest BCUT2D eigenvalue weighted by atomic mass is 16.5. The predicted octanol–water partition coefficient (Wildman–Crippen LogP) is 5.32. The van der Waals surface area contributed by atoms with Crippen LogP contribution in [0.25, 0.3) is 0 Å². The summed E-state index contributed by atoms with van der Waals surface area (Å²) >= 11 is 0. The minimum Gasteiger partial charge on any atom is -0.497 e. The van der Waals surface area contributed by atoms with Gasteiger partial charge >= 0.3 is 0 Å². The number of methoxy groups -OCH3 is 1. The molecule has 0 aliphatic carbocycles. The van der Waals surface area contributed by atoms with E-state index >= 15 is 0 Å². The molecule has 1 aromatic heterocycles. The molecule has 3 aromatic rings. The zero-order valence-electron chi connectivity index (χ0n) is 17.0. The Hall–Kier alpha value is -3.08. The van der Waals surface area contributed by atoms with Crippen LogP contribution in [0.2, 0.25) is 0 Å². The zero-order chi connectivity index (χ0) is 19.9. The summed E-state index contributed by atoms with van der Waals surface area (Å²) in [5.74, 6) is 2.71. The molecule has 0 aliphatic rings. The number of aromatic nitrogens is 2. The molecule has 2 N–H and O–H groups in total. The summed E-state index contributed by atoms with van der Waals surface area (Å²) in [5.41, 5.74) is 4.76. The van der Waals surface area contributed by atoms with Gasteiger partial charge in [0.2, 0.25) is 5.95 Å². The van der Waals surface area contributed by atoms with E-state index in [1.807, 2.05) is 18.2 Å². The van der Waals surface area contributed by atoms with Crippen LogP contribution in [-0.2, 0) is 6.42 Å². The highest BCUT2D eigenvalue weighted by Gasteiger charge is 2.10. The maximum absolute atomic E-state index is 5.28. The average molecular weight is 377 g/mol. The molecule has 3 rings (SSSR count). The number of nitrogens with zero attached hydrogens (tertiary/aromatic N) is 2. The van der Waals surface area contributed by atoms with E-state index in [1.165, 1.54) is 16.7 Å². The quantitative estimate of drug-likeness (QED) is 0.557. The molecular formula is C23H28N4O. The topological polar surface area (TPSA) is 59.1 Å². The van der Waals surface area contributed by atoms with Crippen molar-refractivity contribution in [3.05, 3.63) is 71.4 Å². The summed E-state index contributed by atoms with van der Waals surface area (Å²) in [6, 6.07) is 16.3. The van der Waals surface area contributed by atoms with Gasteiger partial charge in [-0.1, -0.05) is 44.2 Å². The van der Waals surface area contributed by atoms with E-state index in [1.54, 1.807) is 13.3 Å². The second kappa shape index (κ2) is 9.22. The number of benzene rings is 2. The monoisotopic (exact) mass is 376 g/mol. The lowest BCUT2D eigenvalue weighted by molar-refractivity contribution is 0.414. The van der Waals surface area contributed by atoms with Gasteiger partial charge in [0.25, 0.3) is 0 Å². The maximum atomic E-state index is 5.28. The number of rotatable bonds is 8. The Kier molecular flexibility index (Phi) is 6.48. The van der Waals surface area contributed by atoms with Crippen LogP contribution in [0.3, 0.4) is 0 Å². The SMILES string of the molecule is COc1cccc(CCNc2ccnc(Nc3c(C)cccc3C(C)C)n2)c1. The van der Waals surface area contributed by atoms with Crippen molar-refractivity contribution in [2.75, 3.05) is 24.3 Å². The number of hydrogen-bond donors (Lipinski definition) is 2. The van der Waals surface area contributed by atoms with E-state index in [0.29, 0.717) is 11.9 Å². The third-order valence-corrected chi connectivity index (χ3v) is 4.67. The average Bonchev–Trinajstić information content (AvgIpc) is 2.70. The molecule has 0 saturated carbocycles. The Bertz CT molecular complexity index is 924. The van der Waals surface area contributed by atoms with E-state index in [-0.39, 0.29) is 0 Å². The first-order chi connectivity index (χ1) is 13.6. The molecule has 5 heteroatoms. The van der Waals surface area contributed by atoms with E-state index in [0.717, 1.165) is 30.2 Å². The zero-order valence-corrected chi connectivity index (χ0v) is 17.0. The van der Waals surface area contributed by atoms with E-state index < -0.39 is 0 Å². The van der Waals surface area contributed by atoms with Crippen molar-refractivity contribution < 1.29 is 4.74 Å². The van der Waals surface area contributed by atoms with Gasteiger partial charge in [-0.15, -0.1) is 0 Å². The van der Waals surface area contributed by atoms with Gasteiger partial charge in [-0.25, -0.2) is 4.98 Å². The third-order valence-electron chi connectivity index (χ3n) is 4.67. The van der Waals surface area contributed by atoms with Crippen LogP contribution >= 0.6 is 0 Å². The minimum atomic E-state index is 0.423. The Morgan fingerprint density at radius 2 is 1.89 bits per heavy atom. The van der Waals surface area contributed by atoms with Crippen molar-refractivity contribution in [1.29, 1.82) is 0 Å². The van der Waals surface area contributed by atoms with Gasteiger partial charge in [0.05, 0.1) is 7.11 Å². The first-order valence-corrected chi connectivity index (χ1v) is 9.63. The highest BCUT2D eigenvalue weighted by molar-refractivity contribution is 5.64. The maximum Gasteiger partial charge on any atom is 0.229 e. The second-order valence-electron chi connectivity index (χ2n) is 7.11. The molecule has 0 bridgehead atoms. The molecule has 0 fully saturated rings. The molecule has 0 radical (unpaired) electrons. The molecule has 1 heterocycles. The third kappa shape index (κ3) is 5.00. The molecule has 0 aliphatic heterocycles. The molecule has 0 atom stereocenters. The largest absolute Gasteiger partial charge is 0.497 e. The lowest BCUT2D eigenvalue weighted by Crippen LogP contribution is -2.08. The van der Waals surface area contributed by atoms with Gasteiger partial charge in [0, 0.05) is 18.4 Å². The van der Waals surface area contributed by atoms with E-state index in [4.69, 9.17) is 4.74 Å². The molecular weight excluding hydrogens is 348 g/mol. The van der Waals surface area contributed by atoms with E-state index in [9.17, 15) is 0 Å². The van der Waals surface area contributed by atoms with Crippen molar-refractivity contribution in [1.82, 2.24) is 9.97 Å². The van der Waals surface area contributed by atoms with Crippen LogP contribution in [0, 0.1) is 6.92 Å². The Balaban J connectivity index is 1.66. The fourth-order valence-corrected chi connectivity index (χ4v) is 3.13. The van der Waals surface area contributed by atoms with Crippen LogP contribution in [0.4, 0.5) is 17.5 Å². The summed E-state index contributed by atoms with van der Waals surface area (Å²) in [5, 5.41) is 6.78. The molecule has 28 heavy (non-hydrogen) atoms. The smallest absolute Gasteiger partial charge is 0.229 e. The summed E-state index contributed by atoms with van der Waals surface area (Å²) in [4.78, 5) is 9.00. The first-order valence-electron chi connectivity index (χ1n) is 9.63. The minimum absolute atomic E-state index is 0.423. The lowest BCUT2D eigenvalue weighted by atomic mass is 9.98. The van der Waals surface area contributed by atoms with Gasteiger partial charge in [0.15, 0.2) is 0 Å². The highest BCUT2D eigenvalue weighted by Crippen LogP contribution is 2.29. The Morgan fingerprint density at radius 1 is 1.07 bits per heavy atom. The van der Waals surface area contributed by atoms with Gasteiger partial charge < -0.3 is 15.4 Å². The van der Waals surface area contributed by atoms with Crippen LogP contribution in [0.15, 0.2) is 54.7 Å². The molecule has 2 aromatic carbocycles. The summed E-state index contributed by atoms with van der Waals surface area (Å²) in [6.45, 7) is 7.27. The molecule has 146 valence electrons. The molecule has 0 spiro atoms. The molecule has 5 nitrogen and oxygen atoms in total. The van der Waals surface area contributed by atoms with Gasteiger partial charge in [0.1, 0.15) is 11.6 Å². The van der Waals surface area contributed by atoms with Crippen molar-refractivity contribution in [2.45, 2.75) is 33.1 Å². The molecule has 0 amide bonds. The number of hydrogen-bond acceptors (Lipinski definition) is 5. The van der Waals surface area contributed by atoms with Crippen molar-refractivity contribution >= 4 is 17.5 Å². The fourth-order valence-electron chi connectivity index (χ4n) is 3.13. The van der Waals surface area contributed by atoms with Crippen LogP contribution in [0.5, 0.6) is 5.75 Å². The van der Waals surface area contributed by atoms with Crippen LogP contribution in [-0.4, -0.2) is 23.6 Å². The summed E-state index contributed by atoms with van der Waals surface area (Å²) in [7, 11) is 1.69. The van der Waals surface area contributed by atoms with Crippen molar-refractivity contribution in [2.24, 2.45) is 0 Å². The standard InChI is InChI=1S/C23H28N4O/c1-16(2)20-10-5-7-17(3)22(20)27-23-25-14-12-21(26-23)24-13-11-18-8-6-9-19(15-18)28-4/h5-10,12,14-16H,11,13H2,1-4H3,(H2,24,25,26,27). The van der Waals surface area contributed by atoms with E-state index in [2.05, 4.69) is 71.7 Å². The lowest BCUT2D eigenvalue weighted by Gasteiger charge is -2.16. The van der Waals surface area contributed by atoms with Gasteiger partial charge in [-0.3, -0.25) is 0 Å². The first kappa shape index (κ1) is 19.7. The number of aryl methyl sites for hydroxylation is 1. The number of nitrogens with one attached hydrogen (secondary N) is 2. The second-order valence-corrected chi connectivity index (χ2v) is 7.11. The Labute approximate surface area is 167 Å². The summed E-state index contributed by atoms with van der Waals surface area (Å²) in [6.07, 6.45) is 2.66. The Morgan fingerprint density at radius 3 is 2.68 bits per heavy atom. The number of para-hydroxylation sites is 1. The van der Waals surface area contributed by atoms with Gasteiger partial charge in [-0.2, -0.15) is 4.98 Å². The number of anilines is 3. The van der Waals surface area contributed by atoms with Gasteiger partial charge in [-0.05, 0) is 54.2 Å². The number of ether oxygens (including phenoxy) is 1.